The summed E-state index contributed by atoms with van der Waals surface area (Å²) in [4.78, 5) is 18.1. The van der Waals surface area contributed by atoms with Crippen molar-refractivity contribution in [1.82, 2.24) is 14.2 Å². The molecule has 0 bridgehead atoms. The molecule has 7 nitrogen and oxygen atoms in total. The molecule has 8 heteroatoms. The Kier molecular flexibility index (Phi) is 5.15. The SMILES string of the molecule is Cc1cccc(CN2CCN(S(C)(=O)=O)CC(C(N)=O)C2)n1. The van der Waals surface area contributed by atoms with Crippen LogP contribution >= 0.6 is 0 Å². The van der Waals surface area contributed by atoms with Crippen molar-refractivity contribution in [2.45, 2.75) is 13.5 Å². The van der Waals surface area contributed by atoms with Crippen LogP contribution < -0.4 is 5.73 Å². The van der Waals surface area contributed by atoms with E-state index in [1.54, 1.807) is 0 Å². The van der Waals surface area contributed by atoms with Gasteiger partial charge >= 0.3 is 0 Å². The Bertz CT molecular complexity index is 647. The number of pyridine rings is 1. The van der Waals surface area contributed by atoms with E-state index in [0.29, 0.717) is 26.2 Å². The van der Waals surface area contributed by atoms with Gasteiger partial charge in [0.05, 0.1) is 17.9 Å². The van der Waals surface area contributed by atoms with Crippen LogP contribution in [-0.4, -0.2) is 60.9 Å². The predicted octanol–water partition coefficient (Wildman–Crippen LogP) is -0.431. The van der Waals surface area contributed by atoms with Crippen LogP contribution in [0.3, 0.4) is 0 Å². The fraction of sp³-hybridized carbons (Fsp3) is 0.571. The number of nitrogens with zero attached hydrogens (tertiary/aromatic N) is 3. The molecule has 1 unspecified atom stereocenters. The molecule has 2 heterocycles. The standard InChI is InChI=1S/C14H22N4O3S/c1-11-4-3-5-13(16-11)10-17-6-7-18(22(2,20)21)9-12(8-17)14(15)19/h3-5,12H,6-10H2,1-2H3,(H2,15,19). The highest BCUT2D eigenvalue weighted by Gasteiger charge is 2.30. The smallest absolute Gasteiger partial charge is 0.223 e. The lowest BCUT2D eigenvalue weighted by Crippen LogP contribution is -2.40. The molecule has 22 heavy (non-hydrogen) atoms. The summed E-state index contributed by atoms with van der Waals surface area (Å²) >= 11 is 0. The van der Waals surface area contributed by atoms with Gasteiger partial charge in [-0.25, -0.2) is 12.7 Å². The molecule has 0 saturated carbocycles. The van der Waals surface area contributed by atoms with Crippen molar-refractivity contribution < 1.29 is 13.2 Å². The third-order valence-electron chi connectivity index (χ3n) is 3.77. The summed E-state index contributed by atoms with van der Waals surface area (Å²) < 4.78 is 24.8. The van der Waals surface area contributed by atoms with Crippen molar-refractivity contribution >= 4 is 15.9 Å². The molecule has 2 N–H and O–H groups in total. The minimum Gasteiger partial charge on any atom is -0.369 e. The van der Waals surface area contributed by atoms with Crippen LogP contribution in [0.15, 0.2) is 18.2 Å². The molecule has 1 atom stereocenters. The summed E-state index contributed by atoms with van der Waals surface area (Å²) in [5, 5.41) is 0. The number of hydrogen-bond acceptors (Lipinski definition) is 5. The van der Waals surface area contributed by atoms with E-state index >= 15 is 0 Å². The predicted molar refractivity (Wildman–Crippen MR) is 83.4 cm³/mol. The van der Waals surface area contributed by atoms with Gasteiger partial charge in [0.2, 0.25) is 15.9 Å². The number of carbonyl (C=O) groups excluding carboxylic acids is 1. The highest BCUT2D eigenvalue weighted by Crippen LogP contribution is 2.14. The molecule has 1 amide bonds. The third-order valence-corrected chi connectivity index (χ3v) is 5.04. The van der Waals surface area contributed by atoms with Gasteiger partial charge in [0.25, 0.3) is 0 Å². The van der Waals surface area contributed by atoms with Crippen LogP contribution in [0.4, 0.5) is 0 Å². The quantitative estimate of drug-likeness (QED) is 0.810. The van der Waals surface area contributed by atoms with Gasteiger partial charge in [0.15, 0.2) is 0 Å². The minimum absolute atomic E-state index is 0.145. The van der Waals surface area contributed by atoms with E-state index in [1.807, 2.05) is 30.0 Å². The molecule has 1 aromatic heterocycles. The van der Waals surface area contributed by atoms with E-state index in [1.165, 1.54) is 4.31 Å². The molecule has 0 aromatic carbocycles. The molecule has 1 saturated heterocycles. The molecular weight excluding hydrogens is 304 g/mol. The van der Waals surface area contributed by atoms with E-state index in [9.17, 15) is 13.2 Å². The number of nitrogens with two attached hydrogens (primary N) is 1. The van der Waals surface area contributed by atoms with E-state index in [4.69, 9.17) is 5.73 Å². The molecule has 1 aliphatic heterocycles. The Morgan fingerprint density at radius 3 is 2.68 bits per heavy atom. The highest BCUT2D eigenvalue weighted by atomic mass is 32.2. The summed E-state index contributed by atoms with van der Waals surface area (Å²) in [6, 6.07) is 5.78. The Hall–Kier alpha value is -1.51. The summed E-state index contributed by atoms with van der Waals surface area (Å²) in [5.41, 5.74) is 7.25. The fourth-order valence-electron chi connectivity index (χ4n) is 2.59. The van der Waals surface area contributed by atoms with E-state index in [0.717, 1.165) is 17.6 Å². The van der Waals surface area contributed by atoms with Gasteiger partial charge in [-0.15, -0.1) is 0 Å². The Morgan fingerprint density at radius 2 is 2.09 bits per heavy atom. The Morgan fingerprint density at radius 1 is 1.36 bits per heavy atom. The first-order valence-electron chi connectivity index (χ1n) is 7.15. The number of amides is 1. The van der Waals surface area contributed by atoms with Crippen LogP contribution in [0.25, 0.3) is 0 Å². The van der Waals surface area contributed by atoms with Crippen LogP contribution in [0.5, 0.6) is 0 Å². The molecule has 1 aromatic rings. The zero-order chi connectivity index (χ0) is 16.3. The van der Waals surface area contributed by atoms with Gasteiger partial charge in [0.1, 0.15) is 0 Å². The van der Waals surface area contributed by atoms with Gasteiger partial charge in [-0.2, -0.15) is 0 Å². The fourth-order valence-corrected chi connectivity index (χ4v) is 3.46. The zero-order valence-corrected chi connectivity index (χ0v) is 13.7. The summed E-state index contributed by atoms with van der Waals surface area (Å²) in [7, 11) is -3.34. The van der Waals surface area contributed by atoms with Gasteiger partial charge in [-0.1, -0.05) is 6.07 Å². The molecule has 0 spiro atoms. The largest absolute Gasteiger partial charge is 0.369 e. The van der Waals surface area contributed by atoms with Gasteiger partial charge in [-0.05, 0) is 19.1 Å². The summed E-state index contributed by atoms with van der Waals surface area (Å²) in [6.45, 7) is 3.98. The Balaban J connectivity index is 2.14. The van der Waals surface area contributed by atoms with Crippen molar-refractivity contribution in [2.24, 2.45) is 11.7 Å². The van der Waals surface area contributed by atoms with Crippen molar-refractivity contribution in [2.75, 3.05) is 32.4 Å². The molecule has 2 rings (SSSR count). The lowest BCUT2D eigenvalue weighted by Gasteiger charge is -2.21. The number of hydrogen-bond donors (Lipinski definition) is 1. The Labute approximate surface area is 131 Å². The van der Waals surface area contributed by atoms with Gasteiger partial charge < -0.3 is 5.73 Å². The average Bonchev–Trinajstić information content (AvgIpc) is 2.61. The first-order chi connectivity index (χ1) is 10.3. The third kappa shape index (κ3) is 4.49. The lowest BCUT2D eigenvalue weighted by molar-refractivity contribution is -0.122. The number of aromatic nitrogens is 1. The van der Waals surface area contributed by atoms with E-state index in [-0.39, 0.29) is 6.54 Å². The number of aryl methyl sites for hydroxylation is 1. The number of sulfonamides is 1. The average molecular weight is 326 g/mol. The van der Waals surface area contributed by atoms with Crippen LogP contribution in [-0.2, 0) is 21.4 Å². The van der Waals surface area contributed by atoms with Crippen molar-refractivity contribution in [3.05, 3.63) is 29.6 Å². The number of rotatable bonds is 4. The summed E-state index contributed by atoms with van der Waals surface area (Å²) in [6.07, 6.45) is 1.16. The molecule has 1 fully saturated rings. The molecule has 1 aliphatic rings. The van der Waals surface area contributed by atoms with Crippen LogP contribution in [0.1, 0.15) is 11.4 Å². The van der Waals surface area contributed by atoms with Crippen molar-refractivity contribution in [3.8, 4) is 0 Å². The van der Waals surface area contributed by atoms with Crippen LogP contribution in [0.2, 0.25) is 0 Å². The highest BCUT2D eigenvalue weighted by molar-refractivity contribution is 7.88. The van der Waals surface area contributed by atoms with E-state index < -0.39 is 21.8 Å². The number of primary amides is 1. The second-order valence-electron chi connectivity index (χ2n) is 5.73. The number of carbonyl (C=O) groups is 1. The van der Waals surface area contributed by atoms with Crippen molar-refractivity contribution in [1.29, 1.82) is 0 Å². The van der Waals surface area contributed by atoms with Crippen LogP contribution in [0, 0.1) is 12.8 Å². The topological polar surface area (TPSA) is 96.6 Å². The second kappa shape index (κ2) is 6.72. The molecule has 0 radical (unpaired) electrons. The molecule has 0 aliphatic carbocycles. The maximum atomic E-state index is 11.8. The van der Waals surface area contributed by atoms with Gasteiger partial charge in [-0.3, -0.25) is 14.7 Å². The molecular formula is C14H22N4O3S. The second-order valence-corrected chi connectivity index (χ2v) is 7.71. The molecule has 122 valence electrons. The van der Waals surface area contributed by atoms with Crippen molar-refractivity contribution in [3.63, 3.8) is 0 Å². The monoisotopic (exact) mass is 326 g/mol. The normalized spacial score (nSPS) is 21.5. The maximum Gasteiger partial charge on any atom is 0.223 e. The summed E-state index contributed by atoms with van der Waals surface area (Å²) in [5.74, 6) is -0.986. The van der Waals surface area contributed by atoms with Gasteiger partial charge in [0, 0.05) is 38.4 Å². The minimum atomic E-state index is -3.34. The van der Waals surface area contributed by atoms with E-state index in [2.05, 4.69) is 4.98 Å². The maximum absolute atomic E-state index is 11.8. The zero-order valence-electron chi connectivity index (χ0n) is 12.9. The first-order valence-corrected chi connectivity index (χ1v) is 9.00. The first kappa shape index (κ1) is 16.9. The lowest BCUT2D eigenvalue weighted by atomic mass is 10.1.